The van der Waals surface area contributed by atoms with Gasteiger partial charge in [0.1, 0.15) is 23.7 Å². The molecule has 0 saturated carbocycles. The zero-order chi connectivity index (χ0) is 37.6. The van der Waals surface area contributed by atoms with Gasteiger partial charge in [-0.05, 0) is 63.0 Å². The number of carbonyl (C=O) groups excluding carboxylic acids is 5. The second kappa shape index (κ2) is 19.8. The van der Waals surface area contributed by atoms with Crippen LogP contribution in [0.4, 0.5) is 4.79 Å². The first-order valence-electron chi connectivity index (χ1n) is 17.2. The minimum Gasteiger partial charge on any atom is -0.467 e. The molecule has 0 aromatic heterocycles. The van der Waals surface area contributed by atoms with Gasteiger partial charge in [0.05, 0.1) is 19.6 Å². The molecule has 5 N–H and O–H groups in total. The van der Waals surface area contributed by atoms with Crippen molar-refractivity contribution in [1.29, 1.82) is 0 Å². The summed E-state index contributed by atoms with van der Waals surface area (Å²) in [5.41, 5.74) is 7.05. The number of rotatable bonds is 17. The van der Waals surface area contributed by atoms with Gasteiger partial charge in [-0.2, -0.15) is 0 Å². The molecule has 12 heteroatoms. The fourth-order valence-corrected chi connectivity index (χ4v) is 5.44. The van der Waals surface area contributed by atoms with E-state index in [-0.39, 0.29) is 37.5 Å². The number of amides is 4. The Kier molecular flexibility index (Phi) is 16.6. The summed E-state index contributed by atoms with van der Waals surface area (Å²) in [6.45, 7) is 12.4. The van der Waals surface area contributed by atoms with Gasteiger partial charge in [-0.1, -0.05) is 88.4 Å². The summed E-state index contributed by atoms with van der Waals surface area (Å²) in [5.74, 6) is -3.50. The van der Waals surface area contributed by atoms with Crippen molar-refractivity contribution in [1.82, 2.24) is 15.5 Å². The lowest BCUT2D eigenvalue weighted by molar-refractivity contribution is -0.156. The van der Waals surface area contributed by atoms with E-state index in [0.29, 0.717) is 0 Å². The van der Waals surface area contributed by atoms with E-state index in [1.165, 1.54) is 7.11 Å². The first kappa shape index (κ1) is 41.9. The van der Waals surface area contributed by atoms with Crippen molar-refractivity contribution in [3.63, 3.8) is 0 Å². The number of nitrogens with zero attached hydrogens (tertiary/aromatic N) is 1. The van der Waals surface area contributed by atoms with Crippen LogP contribution in [0.5, 0.6) is 0 Å². The van der Waals surface area contributed by atoms with E-state index in [0.717, 1.165) is 16.0 Å². The molecule has 0 spiro atoms. The first-order chi connectivity index (χ1) is 23.4. The highest BCUT2D eigenvalue weighted by atomic mass is 16.6. The van der Waals surface area contributed by atoms with Crippen molar-refractivity contribution in [3.05, 3.63) is 71.8 Å². The Bertz CT molecular complexity index is 1390. The van der Waals surface area contributed by atoms with E-state index in [2.05, 4.69) is 10.6 Å². The molecule has 12 nitrogen and oxygen atoms in total. The number of ether oxygens (including phenoxy) is 2. The number of alkyl carbamates (subject to hydrolysis) is 1. The van der Waals surface area contributed by atoms with Crippen molar-refractivity contribution in [3.8, 4) is 0 Å². The summed E-state index contributed by atoms with van der Waals surface area (Å²) < 4.78 is 10.4. The molecule has 0 fully saturated rings. The SMILES string of the molecule is COC(=O)[C@H](Cc1ccccc1)NC(=O)[C@H](CC(C)C)N(C(=O)C[C@H](O)[C@@H](N)Cc1ccccc1)C(=O)[C@H](CC(C)C)NC(=O)OC(C)(C)C. The highest BCUT2D eigenvalue weighted by Gasteiger charge is 2.41. The molecule has 0 unspecified atom stereocenters. The lowest BCUT2D eigenvalue weighted by atomic mass is 9.95. The molecule has 0 saturated heterocycles. The topological polar surface area (TPSA) is 177 Å². The number of aliphatic hydroxyl groups excluding tert-OH is 1. The zero-order valence-electron chi connectivity index (χ0n) is 30.7. The summed E-state index contributed by atoms with van der Waals surface area (Å²) in [5, 5.41) is 16.4. The maximum Gasteiger partial charge on any atom is 0.408 e. The molecular weight excluding hydrogens is 640 g/mol. The maximum absolute atomic E-state index is 14.5. The lowest BCUT2D eigenvalue weighted by Crippen LogP contribution is -2.60. The Hall–Kier alpha value is -4.29. The molecule has 2 aromatic carbocycles. The second-order valence-corrected chi connectivity index (χ2v) is 14.5. The fourth-order valence-electron chi connectivity index (χ4n) is 5.44. The number of methoxy groups -OCH3 is 1. The van der Waals surface area contributed by atoms with E-state index in [1.807, 2.05) is 64.1 Å². The summed E-state index contributed by atoms with van der Waals surface area (Å²) in [7, 11) is 1.20. The molecule has 0 aliphatic carbocycles. The second-order valence-electron chi connectivity index (χ2n) is 14.5. The van der Waals surface area contributed by atoms with Gasteiger partial charge >= 0.3 is 12.1 Å². The largest absolute Gasteiger partial charge is 0.467 e. The fraction of sp³-hybridized carbons (Fsp3) is 0.553. The number of hydrogen-bond acceptors (Lipinski definition) is 9. The van der Waals surface area contributed by atoms with Crippen LogP contribution in [0.2, 0.25) is 0 Å². The molecule has 0 bridgehead atoms. The van der Waals surface area contributed by atoms with Crippen molar-refractivity contribution < 1.29 is 38.6 Å². The van der Waals surface area contributed by atoms with E-state index in [4.69, 9.17) is 15.2 Å². The molecule has 2 aromatic rings. The van der Waals surface area contributed by atoms with Crippen LogP contribution in [-0.2, 0) is 41.5 Å². The Balaban J connectivity index is 2.56. The van der Waals surface area contributed by atoms with E-state index in [1.54, 1.807) is 45.0 Å². The standard InChI is InChI=1S/C38H56N4O8/c1-24(2)19-29(41-37(48)50-38(5,6)7)35(46)42(33(44)23-32(43)28(39)21-26-15-11-9-12-16-26)31(20-25(3)4)34(45)40-30(36(47)49-8)22-27-17-13-10-14-18-27/h9-18,24-25,28-32,43H,19-23,39H2,1-8H3,(H,40,45)(H,41,48)/t28-,29-,30-,31-,32-/m0/s1. The maximum atomic E-state index is 14.5. The molecular formula is C38H56N4O8. The summed E-state index contributed by atoms with van der Waals surface area (Å²) >= 11 is 0. The van der Waals surface area contributed by atoms with Gasteiger partial charge in [-0.25, -0.2) is 9.59 Å². The van der Waals surface area contributed by atoms with Gasteiger partial charge in [0, 0.05) is 12.5 Å². The van der Waals surface area contributed by atoms with Gasteiger partial charge in [0.25, 0.3) is 5.91 Å². The summed E-state index contributed by atoms with van der Waals surface area (Å²) in [6.07, 6.45) is -2.32. The normalized spacial score (nSPS) is 14.6. The molecule has 50 heavy (non-hydrogen) atoms. The molecule has 5 atom stereocenters. The minimum atomic E-state index is -1.41. The molecule has 2 rings (SSSR count). The highest BCUT2D eigenvalue weighted by Crippen LogP contribution is 2.21. The average molecular weight is 697 g/mol. The minimum absolute atomic E-state index is 0.0234. The quantitative estimate of drug-likeness (QED) is 0.179. The first-order valence-corrected chi connectivity index (χ1v) is 17.2. The molecule has 0 aliphatic rings. The van der Waals surface area contributed by atoms with Gasteiger partial charge < -0.3 is 30.9 Å². The number of nitrogens with one attached hydrogen (secondary N) is 2. The molecule has 0 heterocycles. The van der Waals surface area contributed by atoms with Crippen LogP contribution in [-0.4, -0.2) is 82.8 Å². The van der Waals surface area contributed by atoms with Gasteiger partial charge in [0.15, 0.2) is 0 Å². The van der Waals surface area contributed by atoms with Crippen LogP contribution in [0.25, 0.3) is 0 Å². The molecule has 4 amide bonds. The van der Waals surface area contributed by atoms with E-state index in [9.17, 15) is 29.1 Å². The molecule has 0 aliphatic heterocycles. The molecule has 276 valence electrons. The van der Waals surface area contributed by atoms with Crippen LogP contribution in [0, 0.1) is 11.8 Å². The van der Waals surface area contributed by atoms with Crippen LogP contribution in [0.3, 0.4) is 0 Å². The smallest absolute Gasteiger partial charge is 0.408 e. The Morgan fingerprint density at radius 2 is 1.32 bits per heavy atom. The van der Waals surface area contributed by atoms with Gasteiger partial charge in [-0.3, -0.25) is 19.3 Å². The number of nitrogens with two attached hydrogens (primary N) is 1. The van der Waals surface area contributed by atoms with Crippen molar-refractivity contribution >= 4 is 29.8 Å². The Labute approximate surface area is 296 Å². The van der Waals surface area contributed by atoms with Gasteiger partial charge in [-0.15, -0.1) is 0 Å². The average Bonchev–Trinajstić information content (AvgIpc) is 3.02. The van der Waals surface area contributed by atoms with Crippen LogP contribution >= 0.6 is 0 Å². The predicted octanol–water partition coefficient (Wildman–Crippen LogP) is 3.92. The Morgan fingerprint density at radius 3 is 1.80 bits per heavy atom. The van der Waals surface area contributed by atoms with E-state index < -0.39 is 72.1 Å². The summed E-state index contributed by atoms with van der Waals surface area (Å²) in [4.78, 5) is 69.5. The number of imide groups is 1. The highest BCUT2D eigenvalue weighted by molar-refractivity contribution is 6.03. The number of esters is 1. The monoisotopic (exact) mass is 696 g/mol. The van der Waals surface area contributed by atoms with Crippen molar-refractivity contribution in [2.75, 3.05) is 7.11 Å². The zero-order valence-corrected chi connectivity index (χ0v) is 30.7. The number of hydrogen-bond donors (Lipinski definition) is 4. The lowest BCUT2D eigenvalue weighted by Gasteiger charge is -2.35. The van der Waals surface area contributed by atoms with Crippen molar-refractivity contribution in [2.24, 2.45) is 17.6 Å². The van der Waals surface area contributed by atoms with Crippen LogP contribution in [0.15, 0.2) is 60.7 Å². The third-order valence-corrected chi connectivity index (χ3v) is 7.79. The molecule has 0 radical (unpaired) electrons. The van der Waals surface area contributed by atoms with Crippen LogP contribution in [0.1, 0.15) is 78.9 Å². The van der Waals surface area contributed by atoms with Gasteiger partial charge in [0.2, 0.25) is 11.8 Å². The van der Waals surface area contributed by atoms with Crippen molar-refractivity contribution in [2.45, 2.75) is 116 Å². The number of carbonyl (C=O) groups is 5. The number of benzene rings is 2. The van der Waals surface area contributed by atoms with Crippen LogP contribution < -0.4 is 16.4 Å². The summed E-state index contributed by atoms with van der Waals surface area (Å²) in [6, 6.07) is 13.6. The Morgan fingerprint density at radius 1 is 0.800 bits per heavy atom. The van der Waals surface area contributed by atoms with E-state index >= 15 is 0 Å². The number of aliphatic hydroxyl groups is 1. The third kappa shape index (κ3) is 14.3. The third-order valence-electron chi connectivity index (χ3n) is 7.79. The predicted molar refractivity (Wildman–Crippen MR) is 191 cm³/mol.